The van der Waals surface area contributed by atoms with Crippen molar-refractivity contribution in [2.75, 3.05) is 13.7 Å². The van der Waals surface area contributed by atoms with Crippen molar-refractivity contribution in [3.8, 4) is 22.8 Å². The van der Waals surface area contributed by atoms with Gasteiger partial charge in [0.25, 0.3) is 0 Å². The fraction of sp³-hybridized carbons (Fsp3) is 0.273. The van der Waals surface area contributed by atoms with Gasteiger partial charge in [-0.15, -0.1) is 0 Å². The molecule has 0 amide bonds. The zero-order valence-corrected chi connectivity index (χ0v) is 15.7. The van der Waals surface area contributed by atoms with Gasteiger partial charge in [0.05, 0.1) is 26.0 Å². The second-order valence-electron chi connectivity index (χ2n) is 6.64. The van der Waals surface area contributed by atoms with E-state index in [9.17, 15) is 4.79 Å². The van der Waals surface area contributed by atoms with Gasteiger partial charge in [0.15, 0.2) is 24.1 Å². The Bertz CT molecular complexity index is 946. The van der Waals surface area contributed by atoms with Crippen LogP contribution in [0.3, 0.4) is 0 Å². The summed E-state index contributed by atoms with van der Waals surface area (Å²) in [5, 5.41) is 4.43. The fourth-order valence-electron chi connectivity index (χ4n) is 3.31. The minimum Gasteiger partial charge on any atom is -0.493 e. The molecular weight excluding hydrogens is 356 g/mol. The van der Waals surface area contributed by atoms with Crippen LogP contribution in [0, 0.1) is 0 Å². The van der Waals surface area contributed by atoms with Crippen LogP contribution in [0.25, 0.3) is 11.3 Å². The van der Waals surface area contributed by atoms with Crippen LogP contribution in [0.5, 0.6) is 11.5 Å². The Morgan fingerprint density at radius 3 is 2.75 bits per heavy atom. The van der Waals surface area contributed by atoms with Crippen LogP contribution >= 0.6 is 0 Å². The van der Waals surface area contributed by atoms with Gasteiger partial charge in [-0.3, -0.25) is 9.48 Å². The Balaban J connectivity index is 1.69. The van der Waals surface area contributed by atoms with E-state index in [1.807, 2.05) is 53.2 Å². The molecule has 0 spiro atoms. The van der Waals surface area contributed by atoms with E-state index >= 15 is 0 Å². The molecule has 28 heavy (non-hydrogen) atoms. The third-order valence-electron chi connectivity index (χ3n) is 4.70. The first-order chi connectivity index (χ1) is 13.8. The molecule has 6 nitrogen and oxygen atoms in total. The summed E-state index contributed by atoms with van der Waals surface area (Å²) in [6.45, 7) is 1.27. The number of hydrogen-bond acceptors (Lipinski definition) is 5. The number of aromatic nitrogens is 2. The van der Waals surface area contributed by atoms with Gasteiger partial charge in [-0.2, -0.15) is 5.10 Å². The molecule has 3 aromatic rings. The molecule has 6 heteroatoms. The second kappa shape index (κ2) is 8.27. The van der Waals surface area contributed by atoms with Gasteiger partial charge in [0, 0.05) is 12.0 Å². The lowest BCUT2D eigenvalue weighted by Crippen LogP contribution is -2.14. The summed E-state index contributed by atoms with van der Waals surface area (Å²) in [6, 6.07) is 17.5. The average molecular weight is 378 g/mol. The number of carbonyl (C=O) groups excluding carboxylic acids is 1. The molecule has 0 unspecified atom stereocenters. The third-order valence-corrected chi connectivity index (χ3v) is 4.70. The smallest absolute Gasteiger partial charge is 0.200 e. The highest BCUT2D eigenvalue weighted by Crippen LogP contribution is 2.34. The topological polar surface area (TPSA) is 62.6 Å². The van der Waals surface area contributed by atoms with Crippen LogP contribution in [0.2, 0.25) is 0 Å². The number of benzene rings is 2. The second-order valence-corrected chi connectivity index (χ2v) is 6.64. The van der Waals surface area contributed by atoms with Crippen molar-refractivity contribution in [3.63, 3.8) is 0 Å². The number of carbonyl (C=O) groups is 1. The van der Waals surface area contributed by atoms with Gasteiger partial charge < -0.3 is 14.2 Å². The molecule has 1 aliphatic rings. The molecule has 1 saturated heterocycles. The lowest BCUT2D eigenvalue weighted by molar-refractivity contribution is -0.0402. The van der Waals surface area contributed by atoms with Crippen LogP contribution in [-0.4, -0.2) is 36.1 Å². The lowest BCUT2D eigenvalue weighted by atomic mass is 10.1. The van der Waals surface area contributed by atoms with Crippen LogP contribution in [0.1, 0.15) is 28.9 Å². The number of rotatable bonds is 7. The molecule has 0 N–H and O–H groups in total. The molecular formula is C22H22N2O4. The van der Waals surface area contributed by atoms with Gasteiger partial charge in [0.2, 0.25) is 0 Å². The number of ether oxygens (including phenoxy) is 3. The zero-order chi connectivity index (χ0) is 19.3. The highest BCUT2D eigenvalue weighted by molar-refractivity contribution is 5.76. The van der Waals surface area contributed by atoms with Crippen LogP contribution in [0.4, 0.5) is 0 Å². The Morgan fingerprint density at radius 1 is 1.18 bits per heavy atom. The normalized spacial score (nSPS) is 16.1. The van der Waals surface area contributed by atoms with E-state index in [0.29, 0.717) is 30.3 Å². The molecule has 1 fully saturated rings. The van der Waals surface area contributed by atoms with E-state index in [0.717, 1.165) is 35.9 Å². The van der Waals surface area contributed by atoms with Crippen LogP contribution in [-0.2, 0) is 11.3 Å². The van der Waals surface area contributed by atoms with Crippen molar-refractivity contribution < 1.29 is 19.0 Å². The summed E-state index contributed by atoms with van der Waals surface area (Å²) < 4.78 is 18.9. The molecule has 1 aliphatic heterocycles. The molecule has 0 bridgehead atoms. The van der Waals surface area contributed by atoms with Gasteiger partial charge >= 0.3 is 0 Å². The highest BCUT2D eigenvalue weighted by Gasteiger charge is 2.20. The average Bonchev–Trinajstić information content (AvgIpc) is 3.38. The molecule has 2 heterocycles. The first-order valence-electron chi connectivity index (χ1n) is 9.30. The molecule has 1 aromatic heterocycles. The van der Waals surface area contributed by atoms with Crippen molar-refractivity contribution in [1.82, 2.24) is 9.78 Å². The van der Waals surface area contributed by atoms with E-state index in [4.69, 9.17) is 14.2 Å². The molecule has 0 radical (unpaired) electrons. The Kier molecular flexibility index (Phi) is 5.39. The van der Waals surface area contributed by atoms with Crippen molar-refractivity contribution in [3.05, 3.63) is 65.9 Å². The summed E-state index contributed by atoms with van der Waals surface area (Å²) in [7, 11) is 1.61. The predicted octanol–water partition coefficient (Wildman–Crippen LogP) is 3.93. The minimum atomic E-state index is -0.260. The summed E-state index contributed by atoms with van der Waals surface area (Å²) in [5.41, 5.74) is 3.23. The molecule has 2 aromatic carbocycles. The van der Waals surface area contributed by atoms with Gasteiger partial charge in [-0.1, -0.05) is 30.3 Å². The summed E-state index contributed by atoms with van der Waals surface area (Å²) in [4.78, 5) is 11.3. The maximum Gasteiger partial charge on any atom is 0.200 e. The Morgan fingerprint density at radius 2 is 2.04 bits per heavy atom. The number of aldehydes is 1. The number of nitrogens with zero attached hydrogens (tertiary/aromatic N) is 2. The summed E-state index contributed by atoms with van der Waals surface area (Å²) >= 11 is 0. The summed E-state index contributed by atoms with van der Waals surface area (Å²) in [5.74, 6) is 1.26. The van der Waals surface area contributed by atoms with Gasteiger partial charge in [-0.05, 0) is 36.2 Å². The number of hydrogen-bond donors (Lipinski definition) is 0. The molecule has 0 saturated carbocycles. The van der Waals surface area contributed by atoms with E-state index in [1.54, 1.807) is 13.2 Å². The first-order valence-corrected chi connectivity index (χ1v) is 9.30. The van der Waals surface area contributed by atoms with Crippen molar-refractivity contribution >= 4 is 6.29 Å². The Hall–Kier alpha value is -3.12. The van der Waals surface area contributed by atoms with Crippen molar-refractivity contribution in [2.45, 2.75) is 25.7 Å². The quantitative estimate of drug-likeness (QED) is 0.583. The first kappa shape index (κ1) is 18.3. The molecule has 4 rings (SSSR count). The molecule has 0 aliphatic carbocycles. The van der Waals surface area contributed by atoms with E-state index in [2.05, 4.69) is 5.10 Å². The molecule has 144 valence electrons. The third kappa shape index (κ3) is 3.92. The SMILES string of the molecule is COc1ccc(-c2cc(C=O)nn2Cc2ccccc2)cc1O[C@H]1CCCO1. The monoisotopic (exact) mass is 378 g/mol. The maximum atomic E-state index is 11.3. The molecule has 1 atom stereocenters. The predicted molar refractivity (Wildman–Crippen MR) is 105 cm³/mol. The lowest BCUT2D eigenvalue weighted by Gasteiger charge is -2.17. The van der Waals surface area contributed by atoms with Crippen LogP contribution in [0.15, 0.2) is 54.6 Å². The van der Waals surface area contributed by atoms with E-state index < -0.39 is 0 Å². The van der Waals surface area contributed by atoms with E-state index in [-0.39, 0.29) is 6.29 Å². The zero-order valence-electron chi connectivity index (χ0n) is 15.7. The van der Waals surface area contributed by atoms with Gasteiger partial charge in [0.1, 0.15) is 5.69 Å². The largest absolute Gasteiger partial charge is 0.493 e. The fourth-order valence-corrected chi connectivity index (χ4v) is 3.31. The van der Waals surface area contributed by atoms with Crippen LogP contribution < -0.4 is 9.47 Å². The standard InChI is InChI=1S/C22H22N2O4/c1-26-20-10-9-17(12-21(20)28-22-8-5-11-27-22)19-13-18(15-25)23-24(19)14-16-6-3-2-4-7-16/h2-4,6-7,9-10,12-13,15,22H,5,8,11,14H2,1H3/t22-/m0/s1. The minimum absolute atomic E-state index is 0.260. The van der Waals surface area contributed by atoms with Crippen molar-refractivity contribution in [2.24, 2.45) is 0 Å². The Labute approximate surface area is 163 Å². The van der Waals surface area contributed by atoms with E-state index in [1.165, 1.54) is 0 Å². The number of methoxy groups -OCH3 is 1. The maximum absolute atomic E-state index is 11.3. The highest BCUT2D eigenvalue weighted by atomic mass is 16.7. The van der Waals surface area contributed by atoms with Crippen molar-refractivity contribution in [1.29, 1.82) is 0 Å². The van der Waals surface area contributed by atoms with Gasteiger partial charge in [-0.25, -0.2) is 0 Å². The summed E-state index contributed by atoms with van der Waals surface area (Å²) in [6.07, 6.45) is 2.34.